The molecule has 0 spiro atoms. The molecule has 0 radical (unpaired) electrons. The molecule has 0 unspecified atom stereocenters. The normalized spacial score (nSPS) is 21.7. The van der Waals surface area contributed by atoms with Crippen LogP contribution in [0.2, 0.25) is 0 Å². The largest absolute Gasteiger partial charge is 0.501 e. The Labute approximate surface area is 226 Å². The number of fused-ring (bicyclic) bond motifs is 2. The SMILES string of the molecule is CN(C)CC12CCC(N(C)C(=O)C(=O)N(C)C)(CC1)c1nc(C(=O)NCc3ccc(F)cc3)c(O)c(=O)n1C2. The van der Waals surface area contributed by atoms with Crippen molar-refractivity contribution in [2.24, 2.45) is 5.41 Å². The van der Waals surface area contributed by atoms with Crippen molar-refractivity contribution in [2.45, 2.75) is 44.3 Å². The van der Waals surface area contributed by atoms with Crippen LogP contribution in [0.25, 0.3) is 0 Å². The maximum absolute atomic E-state index is 13.6. The van der Waals surface area contributed by atoms with Crippen LogP contribution in [0.3, 0.4) is 0 Å². The first kappa shape index (κ1) is 28.2. The predicted octanol–water partition coefficient (Wildman–Crippen LogP) is 0.896. The molecule has 2 bridgehead atoms. The van der Waals surface area contributed by atoms with Crippen LogP contribution in [-0.2, 0) is 28.2 Å². The maximum Gasteiger partial charge on any atom is 0.312 e. The molecule has 2 aromatic rings. The van der Waals surface area contributed by atoms with E-state index in [9.17, 15) is 28.7 Å². The average Bonchev–Trinajstić information content (AvgIpc) is 3.12. The number of aromatic hydroxyl groups is 1. The van der Waals surface area contributed by atoms with Crippen LogP contribution < -0.4 is 10.9 Å². The summed E-state index contributed by atoms with van der Waals surface area (Å²) in [6, 6.07) is 5.54. The average molecular weight is 543 g/mol. The zero-order chi connectivity index (χ0) is 28.7. The zero-order valence-electron chi connectivity index (χ0n) is 23.0. The summed E-state index contributed by atoms with van der Waals surface area (Å²) in [5.74, 6) is -3.28. The van der Waals surface area contributed by atoms with Gasteiger partial charge in [0.1, 0.15) is 17.2 Å². The van der Waals surface area contributed by atoms with Gasteiger partial charge in [-0.3, -0.25) is 23.7 Å². The van der Waals surface area contributed by atoms with Crippen molar-refractivity contribution in [1.29, 1.82) is 0 Å². The van der Waals surface area contributed by atoms with Crippen molar-refractivity contribution >= 4 is 17.7 Å². The van der Waals surface area contributed by atoms with Gasteiger partial charge in [0.15, 0.2) is 5.69 Å². The van der Waals surface area contributed by atoms with E-state index < -0.39 is 46.1 Å². The number of likely N-dealkylation sites (N-methyl/N-ethyl adjacent to an activating group) is 2. The third kappa shape index (κ3) is 5.12. The number of rotatable bonds is 6. The van der Waals surface area contributed by atoms with E-state index in [1.54, 1.807) is 0 Å². The van der Waals surface area contributed by atoms with Gasteiger partial charge < -0.3 is 25.1 Å². The van der Waals surface area contributed by atoms with E-state index >= 15 is 0 Å². The maximum atomic E-state index is 13.6. The van der Waals surface area contributed by atoms with Crippen LogP contribution in [0.4, 0.5) is 4.39 Å². The van der Waals surface area contributed by atoms with E-state index in [2.05, 4.69) is 10.3 Å². The molecule has 0 saturated heterocycles. The Morgan fingerprint density at radius 3 is 2.21 bits per heavy atom. The summed E-state index contributed by atoms with van der Waals surface area (Å²) < 4.78 is 14.6. The lowest BCUT2D eigenvalue weighted by molar-refractivity contribution is -0.155. The Hall–Kier alpha value is -3.80. The highest BCUT2D eigenvalue weighted by atomic mass is 19.1. The summed E-state index contributed by atoms with van der Waals surface area (Å²) in [7, 11) is 8.38. The van der Waals surface area contributed by atoms with Gasteiger partial charge in [-0.25, -0.2) is 9.37 Å². The molecule has 3 aliphatic rings. The van der Waals surface area contributed by atoms with Crippen LogP contribution in [0.15, 0.2) is 29.1 Å². The summed E-state index contributed by atoms with van der Waals surface area (Å²) in [6.07, 6.45) is 2.15. The van der Waals surface area contributed by atoms with Crippen LogP contribution in [0.1, 0.15) is 47.6 Å². The van der Waals surface area contributed by atoms with Gasteiger partial charge in [0, 0.05) is 46.2 Å². The molecule has 2 N–H and O–H groups in total. The Morgan fingerprint density at radius 2 is 1.64 bits per heavy atom. The van der Waals surface area contributed by atoms with Crippen LogP contribution in [-0.4, -0.2) is 88.9 Å². The number of nitrogens with zero attached hydrogens (tertiary/aromatic N) is 5. The highest BCUT2D eigenvalue weighted by Crippen LogP contribution is 2.52. The third-order valence-electron chi connectivity index (χ3n) is 7.96. The van der Waals surface area contributed by atoms with Crippen LogP contribution >= 0.6 is 0 Å². The van der Waals surface area contributed by atoms with Gasteiger partial charge in [0.25, 0.3) is 11.5 Å². The number of carbonyl (C=O) groups is 3. The molecule has 39 heavy (non-hydrogen) atoms. The second-order valence-corrected chi connectivity index (χ2v) is 11.2. The fraction of sp³-hybridized carbons (Fsp3) is 0.519. The molecule has 1 saturated carbocycles. The number of amides is 3. The van der Waals surface area contributed by atoms with E-state index in [-0.39, 0.29) is 24.3 Å². The molecule has 12 heteroatoms. The Morgan fingerprint density at radius 1 is 1.03 bits per heavy atom. The minimum absolute atomic E-state index is 0.0193. The van der Waals surface area contributed by atoms with Gasteiger partial charge in [-0.15, -0.1) is 0 Å². The standard InChI is InChI=1S/C27H35FN6O5/c1-31(2)15-26-10-12-27(13-11-26,33(5)24(39)23(38)32(3)4)25-30-19(20(35)22(37)34(25)16-26)21(36)29-14-17-6-8-18(28)9-7-17/h6-9,35H,10-16H2,1-5H3,(H,29,36). The number of carbonyl (C=O) groups excluding carboxylic acids is 3. The number of benzene rings is 1. The number of halogens is 1. The van der Waals surface area contributed by atoms with E-state index in [4.69, 9.17) is 0 Å². The van der Waals surface area contributed by atoms with Gasteiger partial charge >= 0.3 is 11.8 Å². The number of hydrogen-bond acceptors (Lipinski definition) is 7. The smallest absolute Gasteiger partial charge is 0.312 e. The van der Waals surface area contributed by atoms with Gasteiger partial charge in [-0.2, -0.15) is 0 Å². The van der Waals surface area contributed by atoms with E-state index in [1.807, 2.05) is 19.0 Å². The first-order valence-corrected chi connectivity index (χ1v) is 12.8. The van der Waals surface area contributed by atoms with Crippen LogP contribution in [0.5, 0.6) is 5.75 Å². The van der Waals surface area contributed by atoms with Crippen LogP contribution in [0, 0.1) is 11.2 Å². The third-order valence-corrected chi connectivity index (χ3v) is 7.96. The van der Waals surface area contributed by atoms with E-state index in [0.29, 0.717) is 37.8 Å². The van der Waals surface area contributed by atoms with Gasteiger partial charge in [0.2, 0.25) is 5.75 Å². The number of aromatic nitrogens is 2. The first-order valence-electron chi connectivity index (χ1n) is 12.8. The topological polar surface area (TPSA) is 128 Å². The van der Waals surface area contributed by atoms with E-state index in [0.717, 1.165) is 0 Å². The molecule has 1 aromatic heterocycles. The highest BCUT2D eigenvalue weighted by molar-refractivity contribution is 6.34. The fourth-order valence-corrected chi connectivity index (χ4v) is 5.88. The molecule has 3 heterocycles. The quantitative estimate of drug-likeness (QED) is 0.519. The fourth-order valence-electron chi connectivity index (χ4n) is 5.88. The second-order valence-electron chi connectivity index (χ2n) is 11.2. The lowest BCUT2D eigenvalue weighted by Crippen LogP contribution is -2.55. The van der Waals surface area contributed by atoms with Crippen molar-refractivity contribution in [2.75, 3.05) is 41.8 Å². The molecule has 11 nitrogen and oxygen atoms in total. The minimum Gasteiger partial charge on any atom is -0.501 e. The van der Waals surface area contributed by atoms with Crippen molar-refractivity contribution in [3.8, 4) is 5.75 Å². The monoisotopic (exact) mass is 542 g/mol. The number of nitrogens with one attached hydrogen (secondary N) is 1. The van der Waals surface area contributed by atoms with Gasteiger partial charge in [-0.05, 0) is 57.5 Å². The summed E-state index contributed by atoms with van der Waals surface area (Å²) >= 11 is 0. The molecule has 0 atom stereocenters. The molecular formula is C27H35FN6O5. The lowest BCUT2D eigenvalue weighted by Gasteiger charge is -2.47. The molecule has 1 aromatic carbocycles. The summed E-state index contributed by atoms with van der Waals surface area (Å²) in [4.78, 5) is 61.8. The van der Waals surface area contributed by atoms with Crippen molar-refractivity contribution in [1.82, 2.24) is 29.6 Å². The Balaban J connectivity index is 1.80. The highest BCUT2D eigenvalue weighted by Gasteiger charge is 2.54. The first-order chi connectivity index (χ1) is 18.3. The predicted molar refractivity (Wildman–Crippen MR) is 140 cm³/mol. The zero-order valence-corrected chi connectivity index (χ0v) is 23.0. The molecular weight excluding hydrogens is 507 g/mol. The molecule has 3 amide bonds. The molecule has 2 aliphatic heterocycles. The second kappa shape index (κ2) is 10.4. The molecule has 5 rings (SSSR count). The van der Waals surface area contributed by atoms with Gasteiger partial charge in [0.05, 0.1) is 0 Å². The summed E-state index contributed by atoms with van der Waals surface area (Å²) in [5.41, 5.74) is -2.07. The van der Waals surface area contributed by atoms with Gasteiger partial charge in [-0.1, -0.05) is 12.1 Å². The lowest BCUT2D eigenvalue weighted by atomic mass is 9.67. The Kier molecular flexibility index (Phi) is 7.53. The molecule has 1 aliphatic carbocycles. The van der Waals surface area contributed by atoms with Crippen molar-refractivity contribution in [3.05, 3.63) is 57.5 Å². The molecule has 210 valence electrons. The van der Waals surface area contributed by atoms with E-state index in [1.165, 1.54) is 59.8 Å². The number of hydrogen-bond donors (Lipinski definition) is 2. The summed E-state index contributed by atoms with van der Waals surface area (Å²) in [6.45, 7) is 0.943. The Bertz CT molecular complexity index is 1350. The van der Waals surface area contributed by atoms with Crippen molar-refractivity contribution < 1.29 is 23.9 Å². The molecule has 1 fully saturated rings. The summed E-state index contributed by atoms with van der Waals surface area (Å²) in [5, 5.41) is 13.5. The van der Waals surface area contributed by atoms with Crippen molar-refractivity contribution in [3.63, 3.8) is 0 Å². The minimum atomic E-state index is -1.13.